The Balaban J connectivity index is 4.42. The van der Waals surface area contributed by atoms with Gasteiger partial charge in [0.2, 0.25) is 5.91 Å². The molecule has 0 rings (SSSR count). The summed E-state index contributed by atoms with van der Waals surface area (Å²) in [5.74, 6) is -3.70. The number of hydrogen-bond donors (Lipinski definition) is 4. The summed E-state index contributed by atoms with van der Waals surface area (Å²) in [6, 6.07) is -1.67. The molecular weight excluding hydrogens is 334 g/mol. The van der Waals surface area contributed by atoms with E-state index >= 15 is 0 Å². The fourth-order valence-corrected chi connectivity index (χ4v) is 2.49. The van der Waals surface area contributed by atoms with Gasteiger partial charge in [0, 0.05) is 24.3 Å². The second-order valence-electron chi connectivity index (χ2n) is 4.38. The summed E-state index contributed by atoms with van der Waals surface area (Å²) in [4.78, 5) is 35.2. The van der Waals surface area contributed by atoms with E-state index in [4.69, 9.17) is 15.7 Å². The lowest BCUT2D eigenvalue weighted by atomic mass is 10.2. The van der Waals surface area contributed by atoms with Crippen molar-refractivity contribution in [3.8, 4) is 0 Å². The molecule has 13 heteroatoms. The van der Waals surface area contributed by atoms with E-state index in [-0.39, 0.29) is 19.4 Å². The van der Waals surface area contributed by atoms with Crippen molar-refractivity contribution >= 4 is 28.1 Å². The van der Waals surface area contributed by atoms with Gasteiger partial charge in [0.05, 0.1) is 0 Å². The van der Waals surface area contributed by atoms with Crippen molar-refractivity contribution in [1.82, 2.24) is 9.44 Å². The van der Waals surface area contributed by atoms with Gasteiger partial charge in [-0.25, -0.2) is 4.72 Å². The third-order valence-corrected chi connectivity index (χ3v) is 3.56. The highest BCUT2D eigenvalue weighted by atomic mass is 32.2. The maximum atomic E-state index is 11.6. The molecule has 0 aliphatic rings. The number of aliphatic carboxylic acids is 2. The number of carbonyl (C=O) groups excluding carboxylic acids is 1. The third-order valence-electron chi connectivity index (χ3n) is 2.47. The number of amides is 1. The average molecular weight is 351 g/mol. The Labute approximate surface area is 131 Å². The molecule has 0 saturated heterocycles. The quantitative estimate of drug-likeness (QED) is 0.160. The molecule has 0 aromatic heterocycles. The minimum absolute atomic E-state index is 0.158. The molecule has 23 heavy (non-hydrogen) atoms. The van der Waals surface area contributed by atoms with Gasteiger partial charge in [0.15, 0.2) is 0 Å². The third kappa shape index (κ3) is 10.9. The monoisotopic (exact) mass is 351 g/mol. The van der Waals surface area contributed by atoms with E-state index in [1.807, 2.05) is 0 Å². The van der Waals surface area contributed by atoms with E-state index < -0.39 is 46.9 Å². The zero-order chi connectivity index (χ0) is 17.9. The Hall–Kier alpha value is -2.37. The summed E-state index contributed by atoms with van der Waals surface area (Å²) in [6.45, 7) is 0.172. The molecule has 0 radical (unpaired) electrons. The summed E-state index contributed by atoms with van der Waals surface area (Å²) in [7, 11) is -4.43. The van der Waals surface area contributed by atoms with Crippen molar-refractivity contribution in [1.29, 1.82) is 0 Å². The second-order valence-corrected chi connectivity index (χ2v) is 5.83. The number of nitrogens with one attached hydrogen (secondary N) is 2. The fourth-order valence-electron chi connectivity index (χ4n) is 1.43. The Morgan fingerprint density at radius 2 is 1.83 bits per heavy atom. The molecule has 0 aromatic rings. The molecule has 0 aliphatic heterocycles. The van der Waals surface area contributed by atoms with E-state index in [1.54, 1.807) is 9.44 Å². The summed E-state index contributed by atoms with van der Waals surface area (Å²) in [5.41, 5.74) is 8.04. The van der Waals surface area contributed by atoms with Crippen LogP contribution in [0.1, 0.15) is 32.1 Å². The molecule has 4 N–H and O–H groups in total. The zero-order valence-corrected chi connectivity index (χ0v) is 12.8. The van der Waals surface area contributed by atoms with Gasteiger partial charge in [-0.3, -0.25) is 14.4 Å². The normalized spacial score (nSPS) is 12.0. The average Bonchev–Trinajstić information content (AvgIpc) is 2.42. The van der Waals surface area contributed by atoms with Gasteiger partial charge >= 0.3 is 22.1 Å². The van der Waals surface area contributed by atoms with Crippen LogP contribution < -0.4 is 9.44 Å². The van der Waals surface area contributed by atoms with Crippen molar-refractivity contribution in [3.05, 3.63) is 10.4 Å². The summed E-state index contributed by atoms with van der Waals surface area (Å²) >= 11 is 0. The lowest BCUT2D eigenvalue weighted by molar-refractivity contribution is -0.140. The molecule has 0 unspecified atom stereocenters. The first kappa shape index (κ1) is 20.6. The van der Waals surface area contributed by atoms with Crippen LogP contribution in [0.5, 0.6) is 0 Å². The molecule has 0 bridgehead atoms. The maximum absolute atomic E-state index is 11.6. The van der Waals surface area contributed by atoms with Gasteiger partial charge in [-0.1, -0.05) is 5.11 Å². The van der Waals surface area contributed by atoms with E-state index in [9.17, 15) is 22.8 Å². The van der Waals surface area contributed by atoms with Crippen LogP contribution in [-0.2, 0) is 24.6 Å². The minimum atomic E-state index is -4.43. The standard InChI is InChI=1S/C10H17N5O7S/c11-15-12-6-2-1-3-8(16)14-23(21,22)13-7(10(19)20)4-5-9(17)18/h7,13H,1-6H2,(H,14,16)(H,17,18)(H,19,20)/t7-/m0/s1. The molecule has 0 spiro atoms. The first-order valence-electron chi connectivity index (χ1n) is 6.46. The summed E-state index contributed by atoms with van der Waals surface area (Å²) < 4.78 is 26.6. The van der Waals surface area contributed by atoms with Gasteiger partial charge in [-0.05, 0) is 24.8 Å². The highest BCUT2D eigenvalue weighted by Gasteiger charge is 2.25. The van der Waals surface area contributed by atoms with Crippen LogP contribution in [0, 0.1) is 0 Å². The first-order chi connectivity index (χ1) is 10.7. The lowest BCUT2D eigenvalue weighted by Crippen LogP contribution is -2.48. The Kier molecular flexibility index (Phi) is 9.30. The Morgan fingerprint density at radius 1 is 1.17 bits per heavy atom. The number of carbonyl (C=O) groups is 3. The molecule has 130 valence electrons. The number of nitrogens with zero attached hydrogens (tertiary/aromatic N) is 3. The van der Waals surface area contributed by atoms with Crippen molar-refractivity contribution < 1.29 is 33.0 Å². The smallest absolute Gasteiger partial charge is 0.321 e. The van der Waals surface area contributed by atoms with Gasteiger partial charge < -0.3 is 10.2 Å². The topological polar surface area (TPSA) is 199 Å². The first-order valence-corrected chi connectivity index (χ1v) is 7.94. The Bertz CT molecular complexity index is 584. The van der Waals surface area contributed by atoms with Crippen LogP contribution >= 0.6 is 0 Å². The maximum Gasteiger partial charge on any atom is 0.321 e. The number of carboxylic acids is 2. The van der Waals surface area contributed by atoms with Crippen LogP contribution in [0.15, 0.2) is 5.11 Å². The molecule has 0 aromatic carbocycles. The number of azide groups is 1. The Morgan fingerprint density at radius 3 is 2.35 bits per heavy atom. The summed E-state index contributed by atoms with van der Waals surface area (Å²) in [5, 5.41) is 20.6. The summed E-state index contributed by atoms with van der Waals surface area (Å²) in [6.07, 6.45) is -0.503. The van der Waals surface area contributed by atoms with Crippen LogP contribution in [0.2, 0.25) is 0 Å². The number of carboxylic acid groups (broad SMARTS) is 2. The van der Waals surface area contributed by atoms with Crippen molar-refractivity contribution in [2.75, 3.05) is 6.54 Å². The molecule has 12 nitrogen and oxygen atoms in total. The number of hydrogen-bond acceptors (Lipinski definition) is 6. The van der Waals surface area contributed by atoms with Crippen LogP contribution in [0.4, 0.5) is 0 Å². The lowest BCUT2D eigenvalue weighted by Gasteiger charge is -2.14. The van der Waals surface area contributed by atoms with Gasteiger partial charge in [-0.15, -0.1) is 0 Å². The number of rotatable bonds is 12. The molecule has 0 aliphatic carbocycles. The SMILES string of the molecule is [N-]=[N+]=NCCCCC(=O)NS(=O)(=O)N[C@@H](CCC(=O)O)C(=O)O. The fraction of sp³-hybridized carbons (Fsp3) is 0.700. The van der Waals surface area contributed by atoms with E-state index in [1.165, 1.54) is 0 Å². The second kappa shape index (κ2) is 10.4. The van der Waals surface area contributed by atoms with E-state index in [0.29, 0.717) is 6.42 Å². The number of unbranched alkanes of at least 4 members (excludes halogenated alkanes) is 1. The van der Waals surface area contributed by atoms with Gasteiger partial charge in [-0.2, -0.15) is 13.1 Å². The molecule has 0 heterocycles. The molecule has 1 atom stereocenters. The largest absolute Gasteiger partial charge is 0.481 e. The predicted molar refractivity (Wildman–Crippen MR) is 76.4 cm³/mol. The molecule has 1 amide bonds. The van der Waals surface area contributed by atoms with Gasteiger partial charge in [0.1, 0.15) is 6.04 Å². The minimum Gasteiger partial charge on any atom is -0.481 e. The highest BCUT2D eigenvalue weighted by Crippen LogP contribution is 2.01. The molecular formula is C10H17N5O7S. The van der Waals surface area contributed by atoms with Crippen molar-refractivity contribution in [2.45, 2.75) is 38.1 Å². The van der Waals surface area contributed by atoms with Gasteiger partial charge in [0.25, 0.3) is 0 Å². The molecule has 0 fully saturated rings. The van der Waals surface area contributed by atoms with E-state index in [0.717, 1.165) is 0 Å². The van der Waals surface area contributed by atoms with E-state index in [2.05, 4.69) is 10.0 Å². The van der Waals surface area contributed by atoms with Crippen LogP contribution in [0.25, 0.3) is 10.4 Å². The molecule has 0 saturated carbocycles. The van der Waals surface area contributed by atoms with Crippen LogP contribution in [-0.4, -0.2) is 49.1 Å². The predicted octanol–water partition coefficient (Wildman–Crippen LogP) is -0.264. The highest BCUT2D eigenvalue weighted by molar-refractivity contribution is 7.88. The van der Waals surface area contributed by atoms with Crippen molar-refractivity contribution in [3.63, 3.8) is 0 Å². The zero-order valence-electron chi connectivity index (χ0n) is 12.0. The van der Waals surface area contributed by atoms with Crippen LogP contribution in [0.3, 0.4) is 0 Å². The van der Waals surface area contributed by atoms with Crippen molar-refractivity contribution in [2.24, 2.45) is 5.11 Å².